The van der Waals surface area contributed by atoms with Crippen molar-refractivity contribution in [2.75, 3.05) is 18.5 Å². The number of aryl methyl sites for hydroxylation is 2. The Balaban J connectivity index is 1.62. The Bertz CT molecular complexity index is 1360. The molecule has 172 valence electrons. The summed E-state index contributed by atoms with van der Waals surface area (Å²) in [5, 5.41) is 16.7. The topological polar surface area (TPSA) is 128 Å². The van der Waals surface area contributed by atoms with Crippen LogP contribution in [0.2, 0.25) is 0 Å². The summed E-state index contributed by atoms with van der Waals surface area (Å²) in [5.41, 5.74) is 3.99. The average Bonchev–Trinajstić information content (AvgIpc) is 3.28. The molecule has 0 radical (unpaired) electrons. The number of amides is 1. The molecule has 0 fully saturated rings. The molecule has 0 saturated carbocycles. The normalized spacial score (nSPS) is 11.7. The first-order chi connectivity index (χ1) is 16.5. The monoisotopic (exact) mass is 457 g/mol. The summed E-state index contributed by atoms with van der Waals surface area (Å²) in [4.78, 5) is 25.6. The summed E-state index contributed by atoms with van der Waals surface area (Å²) < 4.78 is 13.2. The summed E-state index contributed by atoms with van der Waals surface area (Å²) in [6.07, 6.45) is 3.37. The van der Waals surface area contributed by atoms with E-state index < -0.39 is 12.0 Å². The number of benzene rings is 1. The predicted molar refractivity (Wildman–Crippen MR) is 125 cm³/mol. The van der Waals surface area contributed by atoms with Crippen molar-refractivity contribution >= 4 is 22.8 Å². The fraction of sp³-hybridized carbons (Fsp3) is 0.250. The highest BCUT2D eigenvalue weighted by molar-refractivity contribution is 5.94. The number of nitrogens with one attached hydrogen (secondary N) is 1. The lowest BCUT2D eigenvalue weighted by atomic mass is 10.1. The summed E-state index contributed by atoms with van der Waals surface area (Å²) >= 11 is 0. The third-order valence-corrected chi connectivity index (χ3v) is 5.09. The Hall–Kier alpha value is -4.36. The Kier molecular flexibility index (Phi) is 6.75. The van der Waals surface area contributed by atoms with Crippen molar-refractivity contribution in [3.8, 4) is 17.6 Å². The lowest BCUT2D eigenvalue weighted by Gasteiger charge is -2.18. The van der Waals surface area contributed by atoms with E-state index in [0.29, 0.717) is 29.0 Å². The van der Waals surface area contributed by atoms with Crippen LogP contribution < -0.4 is 10.1 Å². The highest BCUT2D eigenvalue weighted by atomic mass is 16.5. The summed E-state index contributed by atoms with van der Waals surface area (Å²) in [6.45, 7) is 6.26. The first-order valence-corrected chi connectivity index (χ1v) is 10.7. The maximum Gasteiger partial charge on any atom is 0.269 e. The first-order valence-electron chi connectivity index (χ1n) is 10.7. The second kappa shape index (κ2) is 10.1. The summed E-state index contributed by atoms with van der Waals surface area (Å²) in [7, 11) is 0. The van der Waals surface area contributed by atoms with Crippen molar-refractivity contribution in [3.63, 3.8) is 0 Å². The second-order valence-electron chi connectivity index (χ2n) is 7.56. The van der Waals surface area contributed by atoms with E-state index in [1.807, 2.05) is 45.0 Å². The number of hydrogen-bond acceptors (Lipinski definition) is 8. The zero-order valence-corrected chi connectivity index (χ0v) is 19.0. The highest BCUT2D eigenvalue weighted by Gasteiger charge is 2.24. The smallest absolute Gasteiger partial charge is 0.269 e. The molecular weight excluding hydrogens is 434 g/mol. The molecule has 1 N–H and O–H groups in total. The van der Waals surface area contributed by atoms with Gasteiger partial charge in [0.25, 0.3) is 5.91 Å². The molecule has 3 aromatic heterocycles. The van der Waals surface area contributed by atoms with Gasteiger partial charge in [-0.25, -0.2) is 19.6 Å². The van der Waals surface area contributed by atoms with Crippen molar-refractivity contribution in [1.29, 1.82) is 5.26 Å². The van der Waals surface area contributed by atoms with Crippen molar-refractivity contribution < 1.29 is 14.3 Å². The largest absolute Gasteiger partial charge is 0.461 e. The minimum absolute atomic E-state index is 0.00916. The average molecular weight is 457 g/mol. The van der Waals surface area contributed by atoms with E-state index in [2.05, 4.69) is 25.4 Å². The standard InChI is InChI=1S/C24H23N7O3/c1-4-33-13-20(23(32)30-21-8-7-17(10-25)11-26-21)34-24-18-12-29-31(22(18)27-14-28-24)19-9-15(2)5-6-16(19)3/h5-9,11-12,14,20H,4,13H2,1-3H3,(H,26,30,32). The number of ether oxygens (including phenoxy) is 2. The molecule has 1 aromatic carbocycles. The number of pyridine rings is 1. The van der Waals surface area contributed by atoms with E-state index in [1.54, 1.807) is 23.0 Å². The van der Waals surface area contributed by atoms with Gasteiger partial charge in [0.2, 0.25) is 12.0 Å². The van der Waals surface area contributed by atoms with Crippen molar-refractivity contribution in [2.24, 2.45) is 0 Å². The van der Waals surface area contributed by atoms with E-state index in [-0.39, 0.29) is 12.5 Å². The molecule has 4 rings (SSSR count). The summed E-state index contributed by atoms with van der Waals surface area (Å²) in [5.74, 6) is 0.0539. The molecule has 34 heavy (non-hydrogen) atoms. The fourth-order valence-electron chi connectivity index (χ4n) is 3.30. The number of nitriles is 1. The minimum atomic E-state index is -1.00. The van der Waals surface area contributed by atoms with Gasteiger partial charge in [0, 0.05) is 12.8 Å². The molecule has 10 heteroatoms. The third kappa shape index (κ3) is 4.84. The molecule has 3 heterocycles. The highest BCUT2D eigenvalue weighted by Crippen LogP contribution is 2.26. The summed E-state index contributed by atoms with van der Waals surface area (Å²) in [6, 6.07) is 11.2. The number of aromatic nitrogens is 5. The number of fused-ring (bicyclic) bond motifs is 1. The molecule has 0 aliphatic carbocycles. The molecule has 10 nitrogen and oxygen atoms in total. The number of carbonyl (C=O) groups excluding carboxylic acids is 1. The van der Waals surface area contributed by atoms with Crippen molar-refractivity contribution in [2.45, 2.75) is 26.9 Å². The van der Waals surface area contributed by atoms with Crippen LogP contribution >= 0.6 is 0 Å². The lowest BCUT2D eigenvalue weighted by molar-refractivity contribution is -0.125. The van der Waals surface area contributed by atoms with Gasteiger partial charge in [-0.05, 0) is 50.1 Å². The molecule has 0 bridgehead atoms. The molecule has 4 aromatic rings. The van der Waals surface area contributed by atoms with Gasteiger partial charge in [-0.3, -0.25) is 4.79 Å². The maximum atomic E-state index is 12.9. The second-order valence-corrected chi connectivity index (χ2v) is 7.56. The van der Waals surface area contributed by atoms with Crippen LogP contribution in [-0.4, -0.2) is 50.0 Å². The van der Waals surface area contributed by atoms with Crippen LogP contribution in [0.3, 0.4) is 0 Å². The number of nitrogens with zero attached hydrogens (tertiary/aromatic N) is 6. The van der Waals surface area contributed by atoms with E-state index in [0.717, 1.165) is 16.8 Å². The van der Waals surface area contributed by atoms with Crippen LogP contribution in [0.15, 0.2) is 49.1 Å². The predicted octanol–water partition coefficient (Wildman–Crippen LogP) is 3.12. The Morgan fingerprint density at radius 3 is 2.76 bits per heavy atom. The fourth-order valence-corrected chi connectivity index (χ4v) is 3.30. The van der Waals surface area contributed by atoms with Crippen molar-refractivity contribution in [3.05, 3.63) is 65.7 Å². The maximum absolute atomic E-state index is 12.9. The Labute approximate surface area is 196 Å². The van der Waals surface area contributed by atoms with Gasteiger partial charge in [-0.2, -0.15) is 10.4 Å². The zero-order valence-electron chi connectivity index (χ0n) is 19.0. The number of anilines is 1. The van der Waals surface area contributed by atoms with Crippen LogP contribution in [0.25, 0.3) is 16.7 Å². The Morgan fingerprint density at radius 2 is 2.03 bits per heavy atom. The quantitative estimate of drug-likeness (QED) is 0.427. The Morgan fingerprint density at radius 1 is 1.18 bits per heavy atom. The zero-order chi connectivity index (χ0) is 24.1. The van der Waals surface area contributed by atoms with Gasteiger partial charge >= 0.3 is 0 Å². The number of hydrogen-bond donors (Lipinski definition) is 1. The number of rotatable bonds is 8. The van der Waals surface area contributed by atoms with Crippen LogP contribution in [0.5, 0.6) is 5.88 Å². The van der Waals surface area contributed by atoms with Crippen LogP contribution in [0, 0.1) is 25.2 Å². The van der Waals surface area contributed by atoms with Crippen LogP contribution in [-0.2, 0) is 9.53 Å². The molecule has 0 saturated heterocycles. The first kappa shape index (κ1) is 22.8. The molecule has 1 amide bonds. The van der Waals surface area contributed by atoms with E-state index in [4.69, 9.17) is 14.7 Å². The van der Waals surface area contributed by atoms with E-state index >= 15 is 0 Å². The van der Waals surface area contributed by atoms with Gasteiger partial charge in [0.05, 0.1) is 24.1 Å². The lowest BCUT2D eigenvalue weighted by Crippen LogP contribution is -2.37. The van der Waals surface area contributed by atoms with Gasteiger partial charge in [0.1, 0.15) is 23.6 Å². The van der Waals surface area contributed by atoms with Gasteiger partial charge < -0.3 is 14.8 Å². The number of carbonyl (C=O) groups is 1. The molecule has 0 spiro atoms. The van der Waals surface area contributed by atoms with Gasteiger partial charge in [0.15, 0.2) is 5.65 Å². The van der Waals surface area contributed by atoms with Crippen molar-refractivity contribution in [1.82, 2.24) is 24.7 Å². The molecule has 0 aliphatic rings. The van der Waals surface area contributed by atoms with E-state index in [1.165, 1.54) is 12.5 Å². The minimum Gasteiger partial charge on any atom is -0.461 e. The van der Waals surface area contributed by atoms with Gasteiger partial charge in [-0.15, -0.1) is 0 Å². The van der Waals surface area contributed by atoms with Crippen LogP contribution in [0.4, 0.5) is 5.82 Å². The molecule has 1 atom stereocenters. The van der Waals surface area contributed by atoms with Crippen LogP contribution in [0.1, 0.15) is 23.6 Å². The third-order valence-electron chi connectivity index (χ3n) is 5.09. The van der Waals surface area contributed by atoms with Gasteiger partial charge in [-0.1, -0.05) is 12.1 Å². The molecular formula is C24H23N7O3. The molecule has 1 unspecified atom stereocenters. The SMILES string of the molecule is CCOCC(Oc1ncnc2c1cnn2-c1cc(C)ccc1C)C(=O)Nc1ccc(C#N)cn1. The van der Waals surface area contributed by atoms with E-state index in [9.17, 15) is 4.79 Å². The molecule has 0 aliphatic heterocycles.